The number of nitriles is 2. The molecule has 0 aromatic rings. The maximum absolute atomic E-state index is 8.03. The molecule has 0 aliphatic rings. The van der Waals surface area contributed by atoms with Gasteiger partial charge < -0.3 is 0 Å². The van der Waals surface area contributed by atoms with Crippen molar-refractivity contribution in [1.29, 1.82) is 10.5 Å². The van der Waals surface area contributed by atoms with Gasteiger partial charge in [0.2, 0.25) is 0 Å². The second-order valence-corrected chi connectivity index (χ2v) is 1.28. The van der Waals surface area contributed by atoms with Crippen molar-refractivity contribution < 1.29 is 0 Å². The Balaban J connectivity index is 3.41. The summed E-state index contributed by atoms with van der Waals surface area (Å²) in [5.41, 5.74) is 0. The first kappa shape index (κ1) is 7.46. The van der Waals surface area contributed by atoms with Gasteiger partial charge in [-0.3, -0.25) is 0 Å². The van der Waals surface area contributed by atoms with E-state index in [0.29, 0.717) is 6.42 Å². The Morgan fingerprint density at radius 1 is 1.22 bits per heavy atom. The third kappa shape index (κ3) is 6.46. The second kappa shape index (κ2) is 6.46. The van der Waals surface area contributed by atoms with Crippen LogP contribution in [0.1, 0.15) is 6.42 Å². The molecule has 0 amide bonds. The summed E-state index contributed by atoms with van der Waals surface area (Å²) in [5, 5.41) is 16.0. The highest BCUT2D eigenvalue weighted by molar-refractivity contribution is 5.12. The SMILES string of the molecule is N#CC=CC=CCC#N. The summed E-state index contributed by atoms with van der Waals surface area (Å²) in [6.07, 6.45) is 6.71. The maximum Gasteiger partial charge on any atom is 0.0912 e. The zero-order chi connectivity index (χ0) is 6.95. The first-order valence-corrected chi connectivity index (χ1v) is 2.50. The topological polar surface area (TPSA) is 47.6 Å². The number of hydrogen-bond donors (Lipinski definition) is 0. The average molecular weight is 118 g/mol. The van der Waals surface area contributed by atoms with Crippen molar-refractivity contribution in [2.75, 3.05) is 0 Å². The number of allylic oxidation sites excluding steroid dienone is 4. The van der Waals surface area contributed by atoms with Gasteiger partial charge in [0.1, 0.15) is 0 Å². The van der Waals surface area contributed by atoms with E-state index < -0.39 is 0 Å². The molecule has 0 fully saturated rings. The van der Waals surface area contributed by atoms with Crippen LogP contribution >= 0.6 is 0 Å². The maximum atomic E-state index is 8.03. The van der Waals surface area contributed by atoms with E-state index in [0.717, 1.165) is 0 Å². The molecule has 2 heteroatoms. The van der Waals surface area contributed by atoms with Gasteiger partial charge in [-0.15, -0.1) is 0 Å². The van der Waals surface area contributed by atoms with E-state index in [1.54, 1.807) is 18.2 Å². The van der Waals surface area contributed by atoms with Gasteiger partial charge in [0, 0.05) is 6.08 Å². The third-order valence-corrected chi connectivity index (χ3v) is 0.627. The fourth-order valence-electron chi connectivity index (χ4n) is 0.298. The highest BCUT2D eigenvalue weighted by Gasteiger charge is 1.65. The Morgan fingerprint density at radius 2 is 2.00 bits per heavy atom. The summed E-state index contributed by atoms with van der Waals surface area (Å²) in [4.78, 5) is 0. The van der Waals surface area contributed by atoms with E-state index in [-0.39, 0.29) is 0 Å². The molecular weight excluding hydrogens is 112 g/mol. The Labute approximate surface area is 54.3 Å². The van der Waals surface area contributed by atoms with Crippen molar-refractivity contribution in [3.05, 3.63) is 24.3 Å². The zero-order valence-electron chi connectivity index (χ0n) is 4.91. The van der Waals surface area contributed by atoms with Gasteiger partial charge in [-0.05, 0) is 0 Å². The van der Waals surface area contributed by atoms with Gasteiger partial charge in [-0.25, -0.2) is 0 Å². The minimum Gasteiger partial charge on any atom is -0.198 e. The van der Waals surface area contributed by atoms with E-state index >= 15 is 0 Å². The van der Waals surface area contributed by atoms with Gasteiger partial charge in [0.05, 0.1) is 18.6 Å². The summed E-state index contributed by atoms with van der Waals surface area (Å²) < 4.78 is 0. The number of hydrogen-bond acceptors (Lipinski definition) is 2. The molecule has 0 radical (unpaired) electrons. The second-order valence-electron chi connectivity index (χ2n) is 1.28. The molecule has 0 unspecified atom stereocenters. The molecule has 0 aromatic carbocycles. The molecule has 0 N–H and O–H groups in total. The molecule has 0 bridgehead atoms. The molecule has 0 aliphatic carbocycles. The lowest BCUT2D eigenvalue weighted by atomic mass is 10.4. The van der Waals surface area contributed by atoms with Crippen LogP contribution in [-0.2, 0) is 0 Å². The monoisotopic (exact) mass is 118 g/mol. The molecule has 2 nitrogen and oxygen atoms in total. The molecule has 0 saturated heterocycles. The third-order valence-electron chi connectivity index (χ3n) is 0.627. The van der Waals surface area contributed by atoms with Crippen molar-refractivity contribution in [2.24, 2.45) is 0 Å². The molecule has 0 aromatic heterocycles. The standard InChI is InChI=1S/C7H6N2/c8-6-4-2-1-3-5-7-9/h1-4H,5H2. The van der Waals surface area contributed by atoms with Gasteiger partial charge in [0.15, 0.2) is 0 Å². The molecule has 0 heterocycles. The van der Waals surface area contributed by atoms with Crippen LogP contribution < -0.4 is 0 Å². The van der Waals surface area contributed by atoms with Crippen LogP contribution in [0.3, 0.4) is 0 Å². The minimum atomic E-state index is 0.399. The fraction of sp³-hybridized carbons (Fsp3) is 0.143. The Hall–Kier alpha value is -1.54. The molecular formula is C7H6N2. The summed E-state index contributed by atoms with van der Waals surface area (Å²) >= 11 is 0. The summed E-state index contributed by atoms with van der Waals surface area (Å²) in [6.45, 7) is 0. The van der Waals surface area contributed by atoms with Crippen LogP contribution in [0.15, 0.2) is 24.3 Å². The van der Waals surface area contributed by atoms with Crippen LogP contribution in [0.25, 0.3) is 0 Å². The molecule has 0 saturated carbocycles. The average Bonchev–Trinajstić information content (AvgIpc) is 1.89. The quantitative estimate of drug-likeness (QED) is 0.407. The van der Waals surface area contributed by atoms with E-state index in [1.807, 2.05) is 12.1 Å². The molecule has 0 aliphatic heterocycles. The van der Waals surface area contributed by atoms with Crippen LogP contribution in [0.2, 0.25) is 0 Å². The lowest BCUT2D eigenvalue weighted by Crippen LogP contribution is -1.53. The molecule has 44 valence electrons. The first-order chi connectivity index (χ1) is 4.41. The van der Waals surface area contributed by atoms with E-state index in [9.17, 15) is 0 Å². The van der Waals surface area contributed by atoms with Crippen molar-refractivity contribution in [3.8, 4) is 12.1 Å². The van der Waals surface area contributed by atoms with Crippen LogP contribution in [-0.4, -0.2) is 0 Å². The van der Waals surface area contributed by atoms with Gasteiger partial charge in [-0.2, -0.15) is 10.5 Å². The van der Waals surface area contributed by atoms with Crippen LogP contribution in [0.5, 0.6) is 0 Å². The lowest BCUT2D eigenvalue weighted by Gasteiger charge is -1.68. The predicted molar refractivity (Wildman–Crippen MR) is 34.1 cm³/mol. The number of rotatable bonds is 2. The largest absolute Gasteiger partial charge is 0.198 e. The minimum absolute atomic E-state index is 0.399. The molecule has 0 atom stereocenters. The van der Waals surface area contributed by atoms with Gasteiger partial charge in [0.25, 0.3) is 0 Å². The highest BCUT2D eigenvalue weighted by atomic mass is 14.2. The molecule has 0 rings (SSSR count). The molecule has 0 spiro atoms. The van der Waals surface area contributed by atoms with Gasteiger partial charge >= 0.3 is 0 Å². The van der Waals surface area contributed by atoms with Crippen molar-refractivity contribution in [2.45, 2.75) is 6.42 Å². The normalized spacial score (nSPS) is 9.56. The predicted octanol–water partition coefficient (Wildman–Crippen LogP) is 1.54. The summed E-state index contributed by atoms with van der Waals surface area (Å²) in [6, 6.07) is 3.77. The lowest BCUT2D eigenvalue weighted by molar-refractivity contribution is 1.35. The van der Waals surface area contributed by atoms with E-state index in [4.69, 9.17) is 10.5 Å². The van der Waals surface area contributed by atoms with Crippen molar-refractivity contribution >= 4 is 0 Å². The Morgan fingerprint density at radius 3 is 2.56 bits per heavy atom. The zero-order valence-corrected chi connectivity index (χ0v) is 4.91. The smallest absolute Gasteiger partial charge is 0.0912 e. The van der Waals surface area contributed by atoms with Gasteiger partial charge in [-0.1, -0.05) is 18.2 Å². The van der Waals surface area contributed by atoms with Crippen molar-refractivity contribution in [1.82, 2.24) is 0 Å². The number of nitrogens with zero attached hydrogens (tertiary/aromatic N) is 2. The first-order valence-electron chi connectivity index (χ1n) is 2.50. The van der Waals surface area contributed by atoms with Crippen LogP contribution in [0, 0.1) is 22.7 Å². The summed E-state index contributed by atoms with van der Waals surface area (Å²) in [7, 11) is 0. The summed E-state index contributed by atoms with van der Waals surface area (Å²) in [5.74, 6) is 0. The van der Waals surface area contributed by atoms with E-state index in [2.05, 4.69) is 0 Å². The highest BCUT2D eigenvalue weighted by Crippen LogP contribution is 1.80. The van der Waals surface area contributed by atoms with E-state index in [1.165, 1.54) is 6.08 Å². The molecule has 9 heavy (non-hydrogen) atoms. The van der Waals surface area contributed by atoms with Crippen LogP contribution in [0.4, 0.5) is 0 Å². The Bertz CT molecular complexity index is 188. The van der Waals surface area contributed by atoms with Crippen molar-refractivity contribution in [3.63, 3.8) is 0 Å². The fourth-order valence-corrected chi connectivity index (χ4v) is 0.298. The Kier molecular flexibility index (Phi) is 5.35.